The van der Waals surface area contributed by atoms with E-state index >= 15 is 0 Å². The van der Waals surface area contributed by atoms with Gasteiger partial charge in [0.25, 0.3) is 0 Å². The smallest absolute Gasteiger partial charge is 0.221 e. The molecule has 0 spiro atoms. The lowest BCUT2D eigenvalue weighted by atomic mass is 10.1. The van der Waals surface area contributed by atoms with Crippen molar-refractivity contribution in [2.75, 3.05) is 13.2 Å². The number of aliphatic hydroxyl groups is 1. The van der Waals surface area contributed by atoms with Gasteiger partial charge in [-0.15, -0.1) is 0 Å². The van der Waals surface area contributed by atoms with Crippen LogP contribution in [0.15, 0.2) is 0 Å². The fourth-order valence-electron chi connectivity index (χ4n) is 1.25. The zero-order chi connectivity index (χ0) is 12.8. The third-order valence-corrected chi connectivity index (χ3v) is 2.36. The molecule has 0 aliphatic rings. The number of rotatable bonds is 6. The molecular formula is C12H26N2O2. The van der Waals surface area contributed by atoms with Gasteiger partial charge in [0, 0.05) is 18.5 Å². The topological polar surface area (TPSA) is 61.4 Å². The predicted molar refractivity (Wildman–Crippen MR) is 66.2 cm³/mol. The Kier molecular flexibility index (Phi) is 6.60. The number of carbonyl (C=O) groups is 1. The summed E-state index contributed by atoms with van der Waals surface area (Å²) in [5, 5.41) is 15.1. The summed E-state index contributed by atoms with van der Waals surface area (Å²) in [7, 11) is 0. The molecule has 0 aliphatic heterocycles. The van der Waals surface area contributed by atoms with Crippen LogP contribution >= 0.6 is 0 Å². The van der Waals surface area contributed by atoms with Gasteiger partial charge in [-0.05, 0) is 26.7 Å². The minimum Gasteiger partial charge on any atom is -0.394 e. The van der Waals surface area contributed by atoms with Gasteiger partial charge in [0.1, 0.15) is 0 Å². The van der Waals surface area contributed by atoms with E-state index in [4.69, 9.17) is 5.11 Å². The lowest BCUT2D eigenvalue weighted by Gasteiger charge is -2.22. The van der Waals surface area contributed by atoms with E-state index in [1.807, 2.05) is 13.8 Å². The van der Waals surface area contributed by atoms with Crippen molar-refractivity contribution < 1.29 is 9.90 Å². The minimum atomic E-state index is -0.137. The van der Waals surface area contributed by atoms with E-state index in [0.717, 1.165) is 0 Å². The maximum Gasteiger partial charge on any atom is 0.221 e. The molecule has 0 saturated heterocycles. The van der Waals surface area contributed by atoms with E-state index in [1.54, 1.807) is 0 Å². The molecule has 0 saturated carbocycles. The molecule has 0 radical (unpaired) electrons. The second kappa shape index (κ2) is 6.86. The van der Waals surface area contributed by atoms with Crippen molar-refractivity contribution in [3.05, 3.63) is 0 Å². The lowest BCUT2D eigenvalue weighted by molar-refractivity contribution is -0.122. The Bertz CT molecular complexity index is 210. The quantitative estimate of drug-likeness (QED) is 0.635. The molecule has 1 unspecified atom stereocenters. The number of nitrogens with one attached hydrogen (secondary N) is 2. The maximum atomic E-state index is 11.5. The molecule has 4 nitrogen and oxygen atoms in total. The Labute approximate surface area is 98.8 Å². The van der Waals surface area contributed by atoms with Gasteiger partial charge in [-0.1, -0.05) is 13.8 Å². The predicted octanol–water partition coefficient (Wildman–Crippen LogP) is 0.898. The largest absolute Gasteiger partial charge is 0.394 e. The second-order valence-corrected chi connectivity index (χ2v) is 5.53. The van der Waals surface area contributed by atoms with Crippen LogP contribution in [0.2, 0.25) is 0 Å². The van der Waals surface area contributed by atoms with Crippen molar-refractivity contribution in [2.45, 2.75) is 52.6 Å². The van der Waals surface area contributed by atoms with Crippen LogP contribution in [0.4, 0.5) is 0 Å². The van der Waals surface area contributed by atoms with E-state index in [2.05, 4.69) is 31.4 Å². The van der Waals surface area contributed by atoms with E-state index in [-0.39, 0.29) is 30.0 Å². The molecule has 0 heterocycles. The van der Waals surface area contributed by atoms with Crippen molar-refractivity contribution in [1.29, 1.82) is 0 Å². The molecule has 0 fully saturated rings. The summed E-state index contributed by atoms with van der Waals surface area (Å²) < 4.78 is 0. The molecule has 0 rings (SSSR count). The maximum absolute atomic E-state index is 11.5. The van der Waals surface area contributed by atoms with Crippen molar-refractivity contribution in [2.24, 2.45) is 5.92 Å². The zero-order valence-corrected chi connectivity index (χ0v) is 11.1. The summed E-state index contributed by atoms with van der Waals surface area (Å²) in [5.74, 6) is 0.244. The highest BCUT2D eigenvalue weighted by Crippen LogP contribution is 2.01. The first-order valence-electron chi connectivity index (χ1n) is 5.91. The van der Waals surface area contributed by atoms with Crippen molar-refractivity contribution in [1.82, 2.24) is 10.6 Å². The first kappa shape index (κ1) is 15.4. The standard InChI is InChI=1S/C12H26N2O2/c1-9(2)10(8-15)14-11(16)6-7-13-12(3,4)5/h9-10,13,15H,6-8H2,1-5H3,(H,14,16). The van der Waals surface area contributed by atoms with Crippen LogP contribution in [0.1, 0.15) is 41.0 Å². The van der Waals surface area contributed by atoms with Gasteiger partial charge in [-0.25, -0.2) is 0 Å². The molecular weight excluding hydrogens is 204 g/mol. The van der Waals surface area contributed by atoms with Crippen LogP contribution in [-0.4, -0.2) is 35.7 Å². The highest BCUT2D eigenvalue weighted by Gasteiger charge is 2.15. The lowest BCUT2D eigenvalue weighted by Crippen LogP contribution is -2.43. The van der Waals surface area contributed by atoms with Gasteiger partial charge in [-0.2, -0.15) is 0 Å². The molecule has 0 bridgehead atoms. The van der Waals surface area contributed by atoms with E-state index in [9.17, 15) is 4.79 Å². The molecule has 0 aromatic heterocycles. The van der Waals surface area contributed by atoms with Gasteiger partial charge in [0.2, 0.25) is 5.91 Å². The fourth-order valence-corrected chi connectivity index (χ4v) is 1.25. The Hall–Kier alpha value is -0.610. The zero-order valence-electron chi connectivity index (χ0n) is 11.1. The van der Waals surface area contributed by atoms with Crippen LogP contribution in [0.25, 0.3) is 0 Å². The molecule has 0 aromatic rings. The third kappa shape index (κ3) is 7.65. The normalized spacial score (nSPS) is 13.9. The first-order valence-corrected chi connectivity index (χ1v) is 5.91. The number of aliphatic hydroxyl groups excluding tert-OH is 1. The highest BCUT2D eigenvalue weighted by atomic mass is 16.3. The van der Waals surface area contributed by atoms with Crippen molar-refractivity contribution in [3.63, 3.8) is 0 Å². The van der Waals surface area contributed by atoms with E-state index < -0.39 is 0 Å². The van der Waals surface area contributed by atoms with Gasteiger partial charge < -0.3 is 15.7 Å². The summed E-state index contributed by atoms with van der Waals surface area (Å²) in [6.45, 7) is 10.8. The minimum absolute atomic E-state index is 0.00386. The Morgan fingerprint density at radius 1 is 1.31 bits per heavy atom. The summed E-state index contributed by atoms with van der Waals surface area (Å²) in [6, 6.07) is -0.137. The summed E-state index contributed by atoms with van der Waals surface area (Å²) in [5.41, 5.74) is 0.0364. The Morgan fingerprint density at radius 3 is 2.25 bits per heavy atom. The highest BCUT2D eigenvalue weighted by molar-refractivity contribution is 5.76. The van der Waals surface area contributed by atoms with Crippen LogP contribution in [0, 0.1) is 5.92 Å². The van der Waals surface area contributed by atoms with Crippen LogP contribution in [-0.2, 0) is 4.79 Å². The van der Waals surface area contributed by atoms with Crippen molar-refractivity contribution in [3.8, 4) is 0 Å². The summed E-state index contributed by atoms with van der Waals surface area (Å²) in [4.78, 5) is 11.5. The second-order valence-electron chi connectivity index (χ2n) is 5.53. The average molecular weight is 230 g/mol. The molecule has 96 valence electrons. The SMILES string of the molecule is CC(C)C(CO)NC(=O)CCNC(C)(C)C. The first-order chi connectivity index (χ1) is 7.26. The molecule has 16 heavy (non-hydrogen) atoms. The van der Waals surface area contributed by atoms with Crippen LogP contribution < -0.4 is 10.6 Å². The Morgan fingerprint density at radius 2 is 1.88 bits per heavy atom. The van der Waals surface area contributed by atoms with Gasteiger partial charge in [0.15, 0.2) is 0 Å². The molecule has 0 aliphatic carbocycles. The number of hydrogen-bond donors (Lipinski definition) is 3. The van der Waals surface area contributed by atoms with Crippen LogP contribution in [0.5, 0.6) is 0 Å². The molecule has 1 amide bonds. The molecule has 3 N–H and O–H groups in total. The molecule has 1 atom stereocenters. The average Bonchev–Trinajstić information content (AvgIpc) is 2.11. The fraction of sp³-hybridized carbons (Fsp3) is 0.917. The van der Waals surface area contributed by atoms with E-state index in [1.165, 1.54) is 0 Å². The Balaban J connectivity index is 3.82. The van der Waals surface area contributed by atoms with Crippen LogP contribution in [0.3, 0.4) is 0 Å². The van der Waals surface area contributed by atoms with E-state index in [0.29, 0.717) is 13.0 Å². The monoisotopic (exact) mass is 230 g/mol. The number of hydrogen-bond acceptors (Lipinski definition) is 3. The van der Waals surface area contributed by atoms with Gasteiger partial charge in [-0.3, -0.25) is 4.79 Å². The number of amides is 1. The van der Waals surface area contributed by atoms with Gasteiger partial charge in [0.05, 0.1) is 12.6 Å². The number of carbonyl (C=O) groups excluding carboxylic acids is 1. The molecule has 0 aromatic carbocycles. The third-order valence-electron chi connectivity index (χ3n) is 2.36. The summed E-state index contributed by atoms with van der Waals surface area (Å²) >= 11 is 0. The molecule has 4 heteroatoms. The van der Waals surface area contributed by atoms with Gasteiger partial charge >= 0.3 is 0 Å². The summed E-state index contributed by atoms with van der Waals surface area (Å²) in [6.07, 6.45) is 0.445. The van der Waals surface area contributed by atoms with Crippen molar-refractivity contribution >= 4 is 5.91 Å².